The van der Waals surface area contributed by atoms with Gasteiger partial charge in [0, 0.05) is 28.5 Å². The van der Waals surface area contributed by atoms with Crippen molar-refractivity contribution < 1.29 is 4.79 Å². The van der Waals surface area contributed by atoms with E-state index in [-0.39, 0.29) is 5.91 Å². The molecule has 0 saturated heterocycles. The summed E-state index contributed by atoms with van der Waals surface area (Å²) in [5.74, 6) is -0.133. The lowest BCUT2D eigenvalue weighted by molar-refractivity contribution is 0.102. The second-order valence-corrected chi connectivity index (χ2v) is 5.76. The highest BCUT2D eigenvalue weighted by molar-refractivity contribution is 7.13. The van der Waals surface area contributed by atoms with E-state index in [1.54, 1.807) is 12.3 Å². The van der Waals surface area contributed by atoms with Gasteiger partial charge in [0.05, 0.1) is 0 Å². The molecule has 0 fully saturated rings. The fourth-order valence-corrected chi connectivity index (χ4v) is 2.54. The minimum atomic E-state index is -0.133. The Kier molecular flexibility index (Phi) is 4.16. The topological polar surface area (TPSA) is 54.0 Å². The van der Waals surface area contributed by atoms with Crippen LogP contribution in [0.2, 0.25) is 0 Å². The van der Waals surface area contributed by atoms with Gasteiger partial charge in [0.1, 0.15) is 0 Å². The summed E-state index contributed by atoms with van der Waals surface area (Å²) in [5, 5.41) is 8.77. The Hall–Kier alpha value is -2.66. The van der Waals surface area contributed by atoms with Crippen molar-refractivity contribution in [2.45, 2.75) is 6.92 Å². The van der Waals surface area contributed by atoms with Gasteiger partial charge < -0.3 is 10.6 Å². The number of rotatable bonds is 4. The van der Waals surface area contributed by atoms with Crippen LogP contribution in [0, 0.1) is 6.92 Å². The van der Waals surface area contributed by atoms with Crippen molar-refractivity contribution in [3.63, 3.8) is 0 Å². The number of carbonyl (C=O) groups is 1. The minimum Gasteiger partial charge on any atom is -0.332 e. The molecule has 4 nitrogen and oxygen atoms in total. The first-order valence-corrected chi connectivity index (χ1v) is 7.73. The standard InChI is InChI=1S/C17H15N3OS/c1-12-5-7-14(8-6-12)19-16(21)13-3-2-4-15(11-13)20-17-18-9-10-22-17/h2-11H,1H3,(H,18,20)(H,19,21). The lowest BCUT2D eigenvalue weighted by atomic mass is 10.1. The van der Waals surface area contributed by atoms with Gasteiger partial charge in [-0.25, -0.2) is 4.98 Å². The van der Waals surface area contributed by atoms with E-state index in [9.17, 15) is 4.79 Å². The van der Waals surface area contributed by atoms with Gasteiger partial charge in [0.15, 0.2) is 5.13 Å². The Morgan fingerprint density at radius 2 is 1.91 bits per heavy atom. The average molecular weight is 309 g/mol. The molecule has 0 bridgehead atoms. The maximum absolute atomic E-state index is 12.3. The number of thiazole rings is 1. The zero-order valence-electron chi connectivity index (χ0n) is 12.0. The van der Waals surface area contributed by atoms with Crippen molar-refractivity contribution in [1.82, 2.24) is 4.98 Å². The molecule has 0 saturated carbocycles. The first-order chi connectivity index (χ1) is 10.7. The summed E-state index contributed by atoms with van der Waals surface area (Å²) in [6.45, 7) is 2.01. The number of benzene rings is 2. The van der Waals surface area contributed by atoms with E-state index in [1.165, 1.54) is 11.3 Å². The number of hydrogen-bond donors (Lipinski definition) is 2. The molecule has 3 aromatic rings. The van der Waals surface area contributed by atoms with Crippen LogP contribution in [0.5, 0.6) is 0 Å². The van der Waals surface area contributed by atoms with Crippen LogP contribution in [0.25, 0.3) is 0 Å². The zero-order valence-corrected chi connectivity index (χ0v) is 12.9. The van der Waals surface area contributed by atoms with Crippen LogP contribution in [-0.4, -0.2) is 10.9 Å². The van der Waals surface area contributed by atoms with E-state index in [4.69, 9.17) is 0 Å². The lowest BCUT2D eigenvalue weighted by Crippen LogP contribution is -2.11. The lowest BCUT2D eigenvalue weighted by Gasteiger charge is -2.08. The first-order valence-electron chi connectivity index (χ1n) is 6.85. The second kappa shape index (κ2) is 6.41. The Balaban J connectivity index is 1.73. The van der Waals surface area contributed by atoms with Gasteiger partial charge >= 0.3 is 0 Å². The summed E-state index contributed by atoms with van der Waals surface area (Å²) in [6, 6.07) is 15.1. The molecule has 0 aliphatic heterocycles. The van der Waals surface area contributed by atoms with Crippen LogP contribution in [0.15, 0.2) is 60.1 Å². The minimum absolute atomic E-state index is 0.133. The van der Waals surface area contributed by atoms with Gasteiger partial charge in [-0.2, -0.15) is 0 Å². The molecular weight excluding hydrogens is 294 g/mol. The fourth-order valence-electron chi connectivity index (χ4n) is 1.99. The molecule has 5 heteroatoms. The summed E-state index contributed by atoms with van der Waals surface area (Å²) in [4.78, 5) is 16.5. The third kappa shape index (κ3) is 3.51. The predicted octanol–water partition coefficient (Wildman–Crippen LogP) is 4.45. The van der Waals surface area contributed by atoms with Crippen molar-refractivity contribution in [1.29, 1.82) is 0 Å². The van der Waals surface area contributed by atoms with Crippen LogP contribution in [0.1, 0.15) is 15.9 Å². The molecule has 0 unspecified atom stereocenters. The molecule has 0 spiro atoms. The largest absolute Gasteiger partial charge is 0.332 e. The summed E-state index contributed by atoms with van der Waals surface area (Å²) in [6.07, 6.45) is 1.74. The van der Waals surface area contributed by atoms with Crippen LogP contribution in [-0.2, 0) is 0 Å². The molecule has 3 rings (SSSR count). The van der Waals surface area contributed by atoms with Crippen LogP contribution < -0.4 is 10.6 Å². The van der Waals surface area contributed by atoms with Crippen LogP contribution in [0.4, 0.5) is 16.5 Å². The van der Waals surface area contributed by atoms with E-state index in [1.807, 2.05) is 54.8 Å². The number of aryl methyl sites for hydroxylation is 1. The van der Waals surface area contributed by atoms with Crippen molar-refractivity contribution in [3.05, 3.63) is 71.2 Å². The molecule has 110 valence electrons. The maximum atomic E-state index is 12.3. The number of aromatic nitrogens is 1. The maximum Gasteiger partial charge on any atom is 0.255 e. The van der Waals surface area contributed by atoms with Crippen molar-refractivity contribution in [2.75, 3.05) is 10.6 Å². The Morgan fingerprint density at radius 3 is 2.64 bits per heavy atom. The molecule has 0 aliphatic carbocycles. The van der Waals surface area contributed by atoms with Crippen LogP contribution >= 0.6 is 11.3 Å². The molecular formula is C17H15N3OS. The molecule has 0 radical (unpaired) electrons. The molecule has 1 heterocycles. The second-order valence-electron chi connectivity index (χ2n) is 4.86. The highest BCUT2D eigenvalue weighted by Gasteiger charge is 2.07. The predicted molar refractivity (Wildman–Crippen MR) is 91.0 cm³/mol. The van der Waals surface area contributed by atoms with Gasteiger partial charge in [0.2, 0.25) is 0 Å². The van der Waals surface area contributed by atoms with Gasteiger partial charge in [-0.05, 0) is 37.3 Å². The third-order valence-corrected chi connectivity index (χ3v) is 3.81. The fraction of sp³-hybridized carbons (Fsp3) is 0.0588. The number of hydrogen-bond acceptors (Lipinski definition) is 4. The number of nitrogens with zero attached hydrogens (tertiary/aromatic N) is 1. The smallest absolute Gasteiger partial charge is 0.255 e. The molecule has 22 heavy (non-hydrogen) atoms. The van der Waals surface area contributed by atoms with E-state index >= 15 is 0 Å². The van der Waals surface area contributed by atoms with E-state index in [0.717, 1.165) is 22.1 Å². The summed E-state index contributed by atoms with van der Waals surface area (Å²) < 4.78 is 0. The number of amides is 1. The zero-order chi connectivity index (χ0) is 15.4. The number of anilines is 3. The Bertz CT molecular complexity index is 767. The third-order valence-electron chi connectivity index (χ3n) is 3.12. The molecule has 0 atom stereocenters. The molecule has 2 aromatic carbocycles. The molecule has 1 aromatic heterocycles. The van der Waals surface area contributed by atoms with Gasteiger partial charge in [0.25, 0.3) is 5.91 Å². The van der Waals surface area contributed by atoms with Gasteiger partial charge in [-0.1, -0.05) is 23.8 Å². The number of carbonyl (C=O) groups excluding carboxylic acids is 1. The summed E-state index contributed by atoms with van der Waals surface area (Å²) in [5.41, 5.74) is 3.38. The van der Waals surface area contributed by atoms with Crippen molar-refractivity contribution in [3.8, 4) is 0 Å². The molecule has 1 amide bonds. The summed E-state index contributed by atoms with van der Waals surface area (Å²) in [7, 11) is 0. The molecule has 0 aliphatic rings. The Labute approximate surface area is 132 Å². The van der Waals surface area contributed by atoms with E-state index < -0.39 is 0 Å². The average Bonchev–Trinajstić information content (AvgIpc) is 3.03. The van der Waals surface area contributed by atoms with E-state index in [0.29, 0.717) is 5.56 Å². The van der Waals surface area contributed by atoms with Gasteiger partial charge in [-0.3, -0.25) is 4.79 Å². The normalized spacial score (nSPS) is 10.2. The highest BCUT2D eigenvalue weighted by Crippen LogP contribution is 2.20. The van der Waals surface area contributed by atoms with Gasteiger partial charge in [-0.15, -0.1) is 11.3 Å². The number of nitrogens with one attached hydrogen (secondary N) is 2. The van der Waals surface area contributed by atoms with Crippen LogP contribution in [0.3, 0.4) is 0 Å². The monoisotopic (exact) mass is 309 g/mol. The summed E-state index contributed by atoms with van der Waals surface area (Å²) >= 11 is 1.51. The molecule has 2 N–H and O–H groups in total. The van der Waals surface area contributed by atoms with Crippen molar-refractivity contribution >= 4 is 33.8 Å². The van der Waals surface area contributed by atoms with E-state index in [2.05, 4.69) is 15.6 Å². The quantitative estimate of drug-likeness (QED) is 0.748. The SMILES string of the molecule is Cc1ccc(NC(=O)c2cccc(Nc3nccs3)c2)cc1. The highest BCUT2D eigenvalue weighted by atomic mass is 32.1. The van der Waals surface area contributed by atoms with Crippen molar-refractivity contribution in [2.24, 2.45) is 0 Å². The first kappa shape index (κ1) is 14.3. The Morgan fingerprint density at radius 1 is 1.09 bits per heavy atom.